The highest BCUT2D eigenvalue weighted by Gasteiger charge is 2.27. The molecule has 3 rings (SSSR count). The highest BCUT2D eigenvalue weighted by molar-refractivity contribution is 5.68. The summed E-state index contributed by atoms with van der Waals surface area (Å²) in [6, 6.07) is 9.96. The molecule has 0 spiro atoms. The smallest absolute Gasteiger partial charge is 0.341 e. The summed E-state index contributed by atoms with van der Waals surface area (Å²) in [7, 11) is 0. The second-order valence-corrected chi connectivity index (χ2v) is 6.71. The fourth-order valence-electron chi connectivity index (χ4n) is 3.45. The number of carbonyl (C=O) groups is 1. The van der Waals surface area contributed by atoms with Crippen LogP contribution >= 0.6 is 0 Å². The number of rotatable bonds is 8. The number of benzene rings is 1. The molecule has 2 aromatic rings. The first kappa shape index (κ1) is 19.1. The van der Waals surface area contributed by atoms with E-state index in [9.17, 15) is 4.79 Å². The molecule has 1 atom stereocenters. The van der Waals surface area contributed by atoms with Gasteiger partial charge < -0.3 is 15.2 Å². The van der Waals surface area contributed by atoms with E-state index in [2.05, 4.69) is 33.2 Å². The van der Waals surface area contributed by atoms with Crippen molar-refractivity contribution in [3.8, 4) is 5.75 Å². The summed E-state index contributed by atoms with van der Waals surface area (Å²) in [6.07, 6.45) is 2.23. The van der Waals surface area contributed by atoms with Crippen molar-refractivity contribution in [2.24, 2.45) is 0 Å². The van der Waals surface area contributed by atoms with Crippen molar-refractivity contribution in [1.82, 2.24) is 14.9 Å². The Bertz CT molecular complexity index is 779. The third kappa shape index (κ3) is 5.17. The first-order valence-electron chi connectivity index (χ1n) is 9.32. The van der Waals surface area contributed by atoms with Crippen LogP contribution in [0.25, 0.3) is 0 Å². The van der Waals surface area contributed by atoms with Gasteiger partial charge in [0.15, 0.2) is 6.61 Å². The Balaban J connectivity index is 1.69. The van der Waals surface area contributed by atoms with E-state index in [1.54, 1.807) is 0 Å². The van der Waals surface area contributed by atoms with E-state index in [1.807, 2.05) is 31.2 Å². The van der Waals surface area contributed by atoms with E-state index in [4.69, 9.17) is 9.84 Å². The summed E-state index contributed by atoms with van der Waals surface area (Å²) in [6.45, 7) is 6.35. The van der Waals surface area contributed by atoms with Crippen LogP contribution in [0.15, 0.2) is 30.3 Å². The van der Waals surface area contributed by atoms with Crippen LogP contribution in [0.4, 0.5) is 5.82 Å². The highest BCUT2D eigenvalue weighted by Crippen LogP contribution is 2.33. The van der Waals surface area contributed by atoms with Crippen LogP contribution in [0.3, 0.4) is 0 Å². The summed E-state index contributed by atoms with van der Waals surface area (Å²) in [5.74, 6) is 1.26. The van der Waals surface area contributed by atoms with Gasteiger partial charge in [-0.3, -0.25) is 4.90 Å². The number of likely N-dealkylation sites (tertiary alicyclic amines) is 1. The van der Waals surface area contributed by atoms with E-state index in [1.165, 1.54) is 5.56 Å². The summed E-state index contributed by atoms with van der Waals surface area (Å²) in [4.78, 5) is 22.1. The first-order chi connectivity index (χ1) is 13.0. The van der Waals surface area contributed by atoms with Gasteiger partial charge in [-0.1, -0.05) is 12.1 Å². The van der Waals surface area contributed by atoms with Gasteiger partial charge >= 0.3 is 5.97 Å². The first-order valence-corrected chi connectivity index (χ1v) is 9.32. The Morgan fingerprint density at radius 2 is 2.11 bits per heavy atom. The van der Waals surface area contributed by atoms with E-state index < -0.39 is 5.97 Å². The minimum Gasteiger partial charge on any atom is -0.482 e. The number of anilines is 1. The molecule has 1 aromatic carbocycles. The van der Waals surface area contributed by atoms with Crippen LogP contribution in [-0.4, -0.2) is 45.6 Å². The Morgan fingerprint density at radius 1 is 1.33 bits per heavy atom. The maximum absolute atomic E-state index is 10.6. The van der Waals surface area contributed by atoms with Crippen molar-refractivity contribution >= 4 is 11.8 Å². The Morgan fingerprint density at radius 3 is 2.81 bits per heavy atom. The molecule has 27 heavy (non-hydrogen) atoms. The molecule has 1 aromatic heterocycles. The zero-order chi connectivity index (χ0) is 19.2. The molecule has 0 amide bonds. The summed E-state index contributed by atoms with van der Waals surface area (Å²) in [5, 5.41) is 12.0. The minimum absolute atomic E-state index is 0.284. The lowest BCUT2D eigenvalue weighted by Gasteiger charge is -2.24. The zero-order valence-electron chi connectivity index (χ0n) is 15.8. The third-order valence-electron chi connectivity index (χ3n) is 4.59. The average molecular weight is 370 g/mol. The van der Waals surface area contributed by atoms with Crippen molar-refractivity contribution in [1.29, 1.82) is 0 Å². The van der Waals surface area contributed by atoms with Crippen LogP contribution in [0.2, 0.25) is 0 Å². The van der Waals surface area contributed by atoms with E-state index in [0.29, 0.717) is 5.75 Å². The number of hydrogen-bond donors (Lipinski definition) is 2. The lowest BCUT2D eigenvalue weighted by Crippen LogP contribution is -2.24. The molecule has 1 aliphatic heterocycles. The molecule has 7 heteroatoms. The van der Waals surface area contributed by atoms with Crippen LogP contribution in [0, 0.1) is 6.92 Å². The van der Waals surface area contributed by atoms with Crippen molar-refractivity contribution in [2.45, 2.75) is 39.3 Å². The lowest BCUT2D eigenvalue weighted by molar-refractivity contribution is -0.139. The molecule has 1 aliphatic rings. The molecule has 1 saturated heterocycles. The monoisotopic (exact) mass is 370 g/mol. The zero-order valence-corrected chi connectivity index (χ0v) is 15.8. The number of ether oxygens (including phenoxy) is 1. The third-order valence-corrected chi connectivity index (χ3v) is 4.59. The topological polar surface area (TPSA) is 87.6 Å². The van der Waals surface area contributed by atoms with E-state index in [0.717, 1.165) is 49.8 Å². The van der Waals surface area contributed by atoms with Gasteiger partial charge in [-0.05, 0) is 50.9 Å². The number of nitrogens with one attached hydrogen (secondary N) is 1. The normalized spacial score (nSPS) is 17.0. The van der Waals surface area contributed by atoms with Gasteiger partial charge in [-0.2, -0.15) is 0 Å². The van der Waals surface area contributed by atoms with Crippen LogP contribution in [-0.2, 0) is 11.3 Å². The SMILES string of the molecule is CCNc1cc([C@@H]2CCCN2Cc2ccc(OCC(=O)O)cc2)nc(C)n1. The van der Waals surface area contributed by atoms with Crippen LogP contribution in [0.1, 0.15) is 42.9 Å². The van der Waals surface area contributed by atoms with Gasteiger partial charge in [0.1, 0.15) is 17.4 Å². The van der Waals surface area contributed by atoms with Gasteiger partial charge in [-0.25, -0.2) is 14.8 Å². The molecule has 0 saturated carbocycles. The molecule has 0 bridgehead atoms. The Hall–Kier alpha value is -2.67. The van der Waals surface area contributed by atoms with Crippen molar-refractivity contribution < 1.29 is 14.6 Å². The Labute approximate surface area is 159 Å². The largest absolute Gasteiger partial charge is 0.482 e. The van der Waals surface area contributed by atoms with E-state index in [-0.39, 0.29) is 12.6 Å². The maximum Gasteiger partial charge on any atom is 0.341 e. The number of aromatic nitrogens is 2. The van der Waals surface area contributed by atoms with Crippen molar-refractivity contribution in [3.63, 3.8) is 0 Å². The quantitative estimate of drug-likeness (QED) is 0.738. The van der Waals surface area contributed by atoms with Crippen LogP contribution in [0.5, 0.6) is 5.75 Å². The van der Waals surface area contributed by atoms with E-state index >= 15 is 0 Å². The fourth-order valence-corrected chi connectivity index (χ4v) is 3.45. The fraction of sp³-hybridized carbons (Fsp3) is 0.450. The molecule has 7 nitrogen and oxygen atoms in total. The molecular formula is C20H26N4O3. The summed E-state index contributed by atoms with van der Waals surface area (Å²) < 4.78 is 5.20. The minimum atomic E-state index is -0.976. The number of aryl methyl sites for hydroxylation is 1. The number of carboxylic acid groups (broad SMARTS) is 1. The molecule has 0 aliphatic carbocycles. The number of hydrogen-bond acceptors (Lipinski definition) is 6. The van der Waals surface area contributed by atoms with Gasteiger partial charge in [0.2, 0.25) is 0 Å². The summed E-state index contributed by atoms with van der Waals surface area (Å²) >= 11 is 0. The standard InChI is InChI=1S/C20H26N4O3/c1-3-21-19-11-17(22-14(2)23-19)18-5-4-10-24(18)12-15-6-8-16(9-7-15)27-13-20(25)26/h6-9,11,18H,3-5,10,12-13H2,1-2H3,(H,25,26)(H,21,22,23)/t18-/m0/s1. The van der Waals surface area contributed by atoms with Crippen molar-refractivity contribution in [2.75, 3.05) is 25.0 Å². The van der Waals surface area contributed by atoms with Gasteiger partial charge in [0, 0.05) is 19.2 Å². The molecule has 0 radical (unpaired) electrons. The van der Waals surface area contributed by atoms with Gasteiger partial charge in [0.05, 0.1) is 11.7 Å². The second-order valence-electron chi connectivity index (χ2n) is 6.71. The average Bonchev–Trinajstić information content (AvgIpc) is 3.09. The molecular weight excluding hydrogens is 344 g/mol. The number of carboxylic acids is 1. The molecule has 2 heterocycles. The van der Waals surface area contributed by atoms with Gasteiger partial charge in [0.25, 0.3) is 0 Å². The Kier molecular flexibility index (Phi) is 6.24. The molecule has 2 N–H and O–H groups in total. The number of aliphatic carboxylic acids is 1. The lowest BCUT2D eigenvalue weighted by atomic mass is 10.1. The molecule has 0 unspecified atom stereocenters. The predicted molar refractivity (Wildman–Crippen MR) is 103 cm³/mol. The highest BCUT2D eigenvalue weighted by atomic mass is 16.5. The van der Waals surface area contributed by atoms with Gasteiger partial charge in [-0.15, -0.1) is 0 Å². The molecule has 144 valence electrons. The summed E-state index contributed by atoms with van der Waals surface area (Å²) in [5.41, 5.74) is 2.24. The predicted octanol–water partition coefficient (Wildman–Crippen LogP) is 3.02. The number of nitrogens with zero attached hydrogens (tertiary/aromatic N) is 3. The second kappa shape index (κ2) is 8.81. The van der Waals surface area contributed by atoms with Crippen LogP contribution < -0.4 is 10.1 Å². The maximum atomic E-state index is 10.6. The van der Waals surface area contributed by atoms with Crippen molar-refractivity contribution in [3.05, 3.63) is 47.4 Å². The molecule has 1 fully saturated rings.